The normalized spacial score (nSPS) is 11.9. The number of benzene rings is 3. The molecule has 0 aliphatic heterocycles. The van der Waals surface area contributed by atoms with Crippen LogP contribution in [0.1, 0.15) is 38.0 Å². The summed E-state index contributed by atoms with van der Waals surface area (Å²) in [6, 6.07) is 22.4. The molecule has 2 N–H and O–H groups in total. The summed E-state index contributed by atoms with van der Waals surface area (Å²) in [7, 11) is 3.13. The second-order valence-corrected chi connectivity index (χ2v) is 10.5. The van der Waals surface area contributed by atoms with E-state index in [1.165, 1.54) is 11.8 Å². The molecule has 3 rings (SSSR count). The van der Waals surface area contributed by atoms with Gasteiger partial charge < -0.3 is 20.1 Å². The number of hydrogen-bond donors (Lipinski definition) is 2. The molecule has 6 nitrogen and oxygen atoms in total. The molecule has 7 heteroatoms. The molecule has 35 heavy (non-hydrogen) atoms. The summed E-state index contributed by atoms with van der Waals surface area (Å²) in [6.45, 7) is 6.08. The van der Waals surface area contributed by atoms with E-state index in [-0.39, 0.29) is 17.2 Å². The van der Waals surface area contributed by atoms with Gasteiger partial charge in [0, 0.05) is 23.1 Å². The first-order valence-electron chi connectivity index (χ1n) is 11.3. The molecule has 0 aliphatic carbocycles. The van der Waals surface area contributed by atoms with Crippen molar-refractivity contribution in [2.24, 2.45) is 5.41 Å². The van der Waals surface area contributed by atoms with Gasteiger partial charge in [-0.3, -0.25) is 9.59 Å². The Morgan fingerprint density at radius 2 is 1.63 bits per heavy atom. The monoisotopic (exact) mass is 492 g/mol. The number of carbonyl (C=O) groups is 2. The number of methoxy groups -OCH3 is 2. The van der Waals surface area contributed by atoms with Gasteiger partial charge in [0.05, 0.1) is 19.9 Å². The third-order valence-corrected chi connectivity index (χ3v) is 6.32. The number of nitrogens with one attached hydrogen (secondary N) is 2. The molecule has 3 aromatic rings. The fraction of sp³-hybridized carbons (Fsp3) is 0.286. The van der Waals surface area contributed by atoms with E-state index >= 15 is 0 Å². The summed E-state index contributed by atoms with van der Waals surface area (Å²) < 4.78 is 10.7. The van der Waals surface area contributed by atoms with Gasteiger partial charge in [0.15, 0.2) is 0 Å². The maximum atomic E-state index is 13.5. The van der Waals surface area contributed by atoms with Crippen molar-refractivity contribution < 1.29 is 19.1 Å². The summed E-state index contributed by atoms with van der Waals surface area (Å²) in [6.07, 6.45) is 0.420. The number of rotatable bonds is 9. The van der Waals surface area contributed by atoms with Crippen molar-refractivity contribution in [2.45, 2.75) is 37.3 Å². The fourth-order valence-corrected chi connectivity index (χ4v) is 4.55. The van der Waals surface area contributed by atoms with E-state index in [0.29, 0.717) is 29.3 Å². The van der Waals surface area contributed by atoms with Crippen LogP contribution in [-0.4, -0.2) is 26.0 Å². The van der Waals surface area contributed by atoms with Crippen LogP contribution in [0.2, 0.25) is 0 Å². The molecule has 3 aromatic carbocycles. The van der Waals surface area contributed by atoms with Crippen LogP contribution >= 0.6 is 11.8 Å². The van der Waals surface area contributed by atoms with Crippen LogP contribution in [0.25, 0.3) is 0 Å². The quantitative estimate of drug-likeness (QED) is 0.331. The zero-order valence-electron chi connectivity index (χ0n) is 20.8. The molecule has 1 unspecified atom stereocenters. The number of amides is 2. The molecule has 0 saturated heterocycles. The SMILES string of the molecule is COc1ccc(NC(=O)C(Sc2cccc(NC(=O)CC(C)(C)C)c2)c2ccccc2)c(OC)c1. The lowest BCUT2D eigenvalue weighted by atomic mass is 9.92. The summed E-state index contributed by atoms with van der Waals surface area (Å²) in [5, 5.41) is 5.44. The van der Waals surface area contributed by atoms with Gasteiger partial charge in [-0.1, -0.05) is 57.2 Å². The van der Waals surface area contributed by atoms with Crippen molar-refractivity contribution in [2.75, 3.05) is 24.9 Å². The van der Waals surface area contributed by atoms with Crippen LogP contribution in [0.3, 0.4) is 0 Å². The first kappa shape index (κ1) is 26.2. The Hall–Kier alpha value is -3.45. The van der Waals surface area contributed by atoms with Crippen LogP contribution in [0, 0.1) is 5.41 Å². The third kappa shape index (κ3) is 7.79. The van der Waals surface area contributed by atoms with Gasteiger partial charge in [0.25, 0.3) is 0 Å². The second-order valence-electron chi connectivity index (χ2n) is 9.28. The number of ether oxygens (including phenoxy) is 2. The predicted molar refractivity (Wildman–Crippen MR) is 142 cm³/mol. The third-order valence-electron chi connectivity index (χ3n) is 5.07. The highest BCUT2D eigenvalue weighted by Gasteiger charge is 2.24. The molecule has 1 atom stereocenters. The van der Waals surface area contributed by atoms with E-state index in [4.69, 9.17) is 9.47 Å². The van der Waals surface area contributed by atoms with Gasteiger partial charge in [-0.05, 0) is 41.3 Å². The number of carbonyl (C=O) groups excluding carboxylic acids is 2. The van der Waals surface area contributed by atoms with Gasteiger partial charge in [-0.15, -0.1) is 11.8 Å². The van der Waals surface area contributed by atoms with E-state index < -0.39 is 5.25 Å². The largest absolute Gasteiger partial charge is 0.497 e. The Balaban J connectivity index is 1.83. The molecule has 2 amide bonds. The summed E-state index contributed by atoms with van der Waals surface area (Å²) >= 11 is 1.42. The predicted octanol–water partition coefficient (Wildman–Crippen LogP) is 6.55. The summed E-state index contributed by atoms with van der Waals surface area (Å²) in [4.78, 5) is 26.7. The Bertz CT molecular complexity index is 1160. The maximum absolute atomic E-state index is 13.5. The van der Waals surface area contributed by atoms with Crippen molar-refractivity contribution in [3.8, 4) is 11.5 Å². The van der Waals surface area contributed by atoms with E-state index in [1.807, 2.05) is 75.4 Å². The molecule has 0 radical (unpaired) electrons. The highest BCUT2D eigenvalue weighted by atomic mass is 32.2. The zero-order chi connectivity index (χ0) is 25.4. The lowest BCUT2D eigenvalue weighted by molar-refractivity contribution is -0.118. The fourth-order valence-electron chi connectivity index (χ4n) is 3.47. The van der Waals surface area contributed by atoms with Gasteiger partial charge in [0.2, 0.25) is 11.8 Å². The highest BCUT2D eigenvalue weighted by molar-refractivity contribution is 8.00. The molecule has 0 aromatic heterocycles. The molecule has 0 fully saturated rings. The lowest BCUT2D eigenvalue weighted by Crippen LogP contribution is -2.20. The van der Waals surface area contributed by atoms with E-state index in [1.54, 1.807) is 32.4 Å². The second kappa shape index (κ2) is 11.8. The van der Waals surface area contributed by atoms with Gasteiger partial charge in [-0.25, -0.2) is 0 Å². The molecule has 0 aliphatic rings. The molecular weight excluding hydrogens is 460 g/mol. The van der Waals surface area contributed by atoms with Crippen molar-refractivity contribution in [1.29, 1.82) is 0 Å². The maximum Gasteiger partial charge on any atom is 0.242 e. The average Bonchev–Trinajstić information content (AvgIpc) is 2.82. The minimum Gasteiger partial charge on any atom is -0.497 e. The van der Waals surface area contributed by atoms with Crippen molar-refractivity contribution in [1.82, 2.24) is 0 Å². The minimum atomic E-state index is -0.525. The summed E-state index contributed by atoms with van der Waals surface area (Å²) in [5.41, 5.74) is 2.02. The van der Waals surface area contributed by atoms with Crippen molar-refractivity contribution >= 4 is 35.0 Å². The smallest absolute Gasteiger partial charge is 0.242 e. The molecule has 0 bridgehead atoms. The average molecular weight is 493 g/mol. The van der Waals surface area contributed by atoms with Crippen molar-refractivity contribution in [3.05, 3.63) is 78.4 Å². The molecule has 0 saturated carbocycles. The van der Waals surface area contributed by atoms with Crippen LogP contribution < -0.4 is 20.1 Å². The number of anilines is 2. The number of thioether (sulfide) groups is 1. The first-order chi connectivity index (χ1) is 16.7. The van der Waals surface area contributed by atoms with Crippen LogP contribution in [0.5, 0.6) is 11.5 Å². The van der Waals surface area contributed by atoms with Crippen molar-refractivity contribution in [3.63, 3.8) is 0 Å². The van der Waals surface area contributed by atoms with E-state index in [2.05, 4.69) is 10.6 Å². The van der Waals surface area contributed by atoms with Crippen LogP contribution in [-0.2, 0) is 9.59 Å². The molecule has 0 spiro atoms. The topological polar surface area (TPSA) is 76.7 Å². The Kier molecular flexibility index (Phi) is 8.82. The Labute approximate surface area is 211 Å². The minimum absolute atomic E-state index is 0.0383. The molecule has 0 heterocycles. The van der Waals surface area contributed by atoms with Gasteiger partial charge in [0.1, 0.15) is 16.7 Å². The van der Waals surface area contributed by atoms with Crippen LogP contribution in [0.4, 0.5) is 11.4 Å². The zero-order valence-corrected chi connectivity index (χ0v) is 21.6. The van der Waals surface area contributed by atoms with Crippen LogP contribution in [0.15, 0.2) is 77.7 Å². The molecule has 184 valence electrons. The molecular formula is C28H32N2O4S. The highest BCUT2D eigenvalue weighted by Crippen LogP contribution is 2.38. The van der Waals surface area contributed by atoms with Gasteiger partial charge >= 0.3 is 0 Å². The standard InChI is InChI=1S/C28H32N2O4S/c1-28(2,3)18-25(31)29-20-12-9-13-22(16-20)35-26(19-10-7-6-8-11-19)27(32)30-23-15-14-21(33-4)17-24(23)34-5/h6-17,26H,18H2,1-5H3,(H,29,31)(H,30,32). The first-order valence-corrected chi connectivity index (χ1v) is 12.2. The van der Waals surface area contributed by atoms with E-state index in [9.17, 15) is 9.59 Å². The Morgan fingerprint density at radius 3 is 2.29 bits per heavy atom. The Morgan fingerprint density at radius 1 is 0.886 bits per heavy atom. The van der Waals surface area contributed by atoms with Gasteiger partial charge in [-0.2, -0.15) is 0 Å². The summed E-state index contributed by atoms with van der Waals surface area (Å²) in [5.74, 6) is 0.924. The van der Waals surface area contributed by atoms with E-state index in [0.717, 1.165) is 10.5 Å². The lowest BCUT2D eigenvalue weighted by Gasteiger charge is -2.19. The number of hydrogen-bond acceptors (Lipinski definition) is 5.